The van der Waals surface area contributed by atoms with Crippen molar-refractivity contribution in [2.45, 2.75) is 26.7 Å². The Labute approximate surface area is 152 Å². The highest BCUT2D eigenvalue weighted by Gasteiger charge is 2.17. The zero-order valence-electron chi connectivity index (χ0n) is 15.4. The summed E-state index contributed by atoms with van der Waals surface area (Å²) in [6, 6.07) is 1.05. The average molecular weight is 373 g/mol. The highest BCUT2D eigenvalue weighted by atomic mass is 16.2. The Kier molecular flexibility index (Phi) is 4.52. The number of hydrogen-bond acceptors (Lipinski definition) is 6. The van der Waals surface area contributed by atoms with E-state index in [0.29, 0.717) is 17.7 Å². The molecule has 0 aliphatic rings. The predicted molar refractivity (Wildman–Crippen MR) is 97.2 cm³/mol. The van der Waals surface area contributed by atoms with Crippen LogP contribution in [0.2, 0.25) is 0 Å². The molecule has 3 aromatic rings. The molecule has 1 amide bonds. The summed E-state index contributed by atoms with van der Waals surface area (Å²) in [4.78, 5) is 57.1. The topological polar surface area (TPSA) is 136 Å². The number of anilines is 1. The van der Waals surface area contributed by atoms with Gasteiger partial charge in [-0.3, -0.25) is 33.9 Å². The van der Waals surface area contributed by atoms with Crippen LogP contribution in [0, 0.1) is 6.92 Å². The minimum Gasteiger partial charge on any atom is -0.292 e. The third-order valence-electron chi connectivity index (χ3n) is 4.29. The van der Waals surface area contributed by atoms with E-state index >= 15 is 0 Å². The normalized spacial score (nSPS) is 11.1. The third kappa shape index (κ3) is 3.07. The van der Waals surface area contributed by atoms with E-state index < -0.39 is 17.2 Å². The van der Waals surface area contributed by atoms with Crippen molar-refractivity contribution in [1.29, 1.82) is 0 Å². The van der Waals surface area contributed by atoms with Gasteiger partial charge in [0.25, 0.3) is 22.8 Å². The molecule has 0 saturated carbocycles. The lowest BCUT2D eigenvalue weighted by molar-refractivity contribution is 0.101. The first-order valence-corrected chi connectivity index (χ1v) is 8.31. The van der Waals surface area contributed by atoms with Crippen molar-refractivity contribution in [3.63, 3.8) is 0 Å². The molecule has 0 aliphatic carbocycles. The monoisotopic (exact) mass is 373 g/mol. The van der Waals surface area contributed by atoms with Gasteiger partial charge < -0.3 is 0 Å². The van der Waals surface area contributed by atoms with E-state index in [0.717, 1.165) is 26.1 Å². The second kappa shape index (κ2) is 6.67. The number of fused-ring (bicyclic) bond motifs is 1. The number of aryl methyl sites for hydroxylation is 1. The number of aromatic nitrogens is 6. The maximum Gasteiger partial charge on any atom is 0.331 e. The predicted octanol–water partition coefficient (Wildman–Crippen LogP) is -0.672. The number of rotatable bonds is 4. The molecule has 27 heavy (non-hydrogen) atoms. The number of nitrogens with one attached hydrogen (secondary N) is 2. The first kappa shape index (κ1) is 18.3. The Morgan fingerprint density at radius 3 is 2.56 bits per heavy atom. The largest absolute Gasteiger partial charge is 0.331 e. The number of amides is 1. The molecule has 0 radical (unpaired) electrons. The van der Waals surface area contributed by atoms with Crippen molar-refractivity contribution in [1.82, 2.24) is 28.7 Å². The molecule has 142 valence electrons. The minimum absolute atomic E-state index is 0.0224. The molecular formula is C16H19N7O4. The maximum absolute atomic E-state index is 12.5. The standard InChI is InChI=1S/C16H19N7O4/c1-5-6-9-8(2)17-15-19-14(20-23(15)13(9)26)18-12(25)10-7-11(24)22(4)16(27)21(10)3/h7H,5-6H2,1-4H3,(H2,17,18,19,20,25). The molecule has 0 bridgehead atoms. The molecule has 0 aliphatic heterocycles. The zero-order valence-corrected chi connectivity index (χ0v) is 15.4. The SMILES string of the molecule is CCCc1c(C)nc2nc(NC(=O)c3cc(=O)n(C)c(=O)n3C)[nH]n2c1=O. The van der Waals surface area contributed by atoms with Crippen molar-refractivity contribution in [2.24, 2.45) is 14.1 Å². The van der Waals surface area contributed by atoms with Crippen molar-refractivity contribution in [3.8, 4) is 0 Å². The van der Waals surface area contributed by atoms with Gasteiger partial charge >= 0.3 is 5.69 Å². The lowest BCUT2D eigenvalue weighted by atomic mass is 10.1. The van der Waals surface area contributed by atoms with E-state index in [1.165, 1.54) is 14.1 Å². The minimum atomic E-state index is -0.718. The molecular weight excluding hydrogens is 354 g/mol. The lowest BCUT2D eigenvalue weighted by Crippen LogP contribution is -2.40. The zero-order chi connectivity index (χ0) is 19.9. The van der Waals surface area contributed by atoms with Gasteiger partial charge in [-0.25, -0.2) is 9.78 Å². The summed E-state index contributed by atoms with van der Waals surface area (Å²) >= 11 is 0. The molecule has 0 saturated heterocycles. The highest BCUT2D eigenvalue weighted by molar-refractivity contribution is 6.02. The smallest absolute Gasteiger partial charge is 0.292 e. The van der Waals surface area contributed by atoms with E-state index in [1.807, 2.05) is 6.92 Å². The quantitative estimate of drug-likeness (QED) is 0.622. The van der Waals surface area contributed by atoms with Crippen LogP contribution in [-0.4, -0.2) is 34.6 Å². The Hall–Kier alpha value is -3.50. The van der Waals surface area contributed by atoms with E-state index in [2.05, 4.69) is 20.4 Å². The van der Waals surface area contributed by atoms with Crippen LogP contribution < -0.4 is 22.1 Å². The Balaban J connectivity index is 2.02. The molecule has 2 N–H and O–H groups in total. The molecule has 3 heterocycles. The van der Waals surface area contributed by atoms with Crippen LogP contribution in [-0.2, 0) is 20.5 Å². The van der Waals surface area contributed by atoms with Crippen LogP contribution in [0.3, 0.4) is 0 Å². The van der Waals surface area contributed by atoms with Crippen LogP contribution in [0.1, 0.15) is 35.1 Å². The van der Waals surface area contributed by atoms with E-state index in [9.17, 15) is 19.2 Å². The van der Waals surface area contributed by atoms with Gasteiger partial charge in [-0.1, -0.05) is 13.3 Å². The van der Waals surface area contributed by atoms with Gasteiger partial charge in [0.2, 0.25) is 5.95 Å². The number of hydrogen-bond donors (Lipinski definition) is 2. The Morgan fingerprint density at radius 2 is 1.89 bits per heavy atom. The summed E-state index contributed by atoms with van der Waals surface area (Å²) in [6.07, 6.45) is 1.37. The van der Waals surface area contributed by atoms with Crippen molar-refractivity contribution < 1.29 is 4.79 Å². The third-order valence-corrected chi connectivity index (χ3v) is 4.29. The fraction of sp³-hybridized carbons (Fsp3) is 0.375. The van der Waals surface area contributed by atoms with Gasteiger partial charge in [0.1, 0.15) is 5.69 Å². The number of nitrogens with zero attached hydrogens (tertiary/aromatic N) is 5. The molecule has 0 aromatic carbocycles. The first-order chi connectivity index (χ1) is 12.7. The van der Waals surface area contributed by atoms with Crippen molar-refractivity contribution in [3.05, 3.63) is 54.2 Å². The summed E-state index contributed by atoms with van der Waals surface area (Å²) in [6.45, 7) is 3.69. The van der Waals surface area contributed by atoms with E-state index in [1.54, 1.807) is 6.92 Å². The van der Waals surface area contributed by atoms with Crippen LogP contribution in [0.25, 0.3) is 5.78 Å². The molecule has 0 unspecified atom stereocenters. The molecule has 11 nitrogen and oxygen atoms in total. The summed E-state index contributed by atoms with van der Waals surface area (Å²) in [5.74, 6) is -0.624. The summed E-state index contributed by atoms with van der Waals surface area (Å²) < 4.78 is 3.09. The Bertz CT molecular complexity index is 1230. The van der Waals surface area contributed by atoms with Crippen molar-refractivity contribution >= 4 is 17.6 Å². The Morgan fingerprint density at radius 1 is 1.19 bits per heavy atom. The summed E-state index contributed by atoms with van der Waals surface area (Å²) in [7, 11) is 2.70. The van der Waals surface area contributed by atoms with E-state index in [4.69, 9.17) is 0 Å². The second-order valence-electron chi connectivity index (χ2n) is 6.16. The van der Waals surface area contributed by atoms with Gasteiger partial charge in [0, 0.05) is 25.7 Å². The first-order valence-electron chi connectivity index (χ1n) is 8.31. The van der Waals surface area contributed by atoms with Gasteiger partial charge in [-0.05, 0) is 13.3 Å². The number of carbonyl (C=O) groups is 1. The van der Waals surface area contributed by atoms with E-state index in [-0.39, 0.29) is 23.0 Å². The van der Waals surface area contributed by atoms with Gasteiger partial charge in [-0.15, -0.1) is 0 Å². The summed E-state index contributed by atoms with van der Waals surface area (Å²) in [5, 5.41) is 5.13. The molecule has 11 heteroatoms. The molecule has 0 atom stereocenters. The molecule has 3 rings (SSSR count). The lowest BCUT2D eigenvalue weighted by Gasteiger charge is -2.08. The highest BCUT2D eigenvalue weighted by Crippen LogP contribution is 2.07. The molecule has 0 spiro atoms. The van der Waals surface area contributed by atoms with Crippen LogP contribution in [0.5, 0.6) is 0 Å². The second-order valence-corrected chi connectivity index (χ2v) is 6.16. The van der Waals surface area contributed by atoms with Crippen molar-refractivity contribution in [2.75, 3.05) is 5.32 Å². The fourth-order valence-electron chi connectivity index (χ4n) is 2.77. The maximum atomic E-state index is 12.5. The molecule has 3 aromatic heterocycles. The average Bonchev–Trinajstić information content (AvgIpc) is 3.02. The van der Waals surface area contributed by atoms with Gasteiger partial charge in [0.05, 0.1) is 5.69 Å². The van der Waals surface area contributed by atoms with Gasteiger partial charge in [0.15, 0.2) is 0 Å². The fourth-order valence-corrected chi connectivity index (χ4v) is 2.77. The number of aromatic amines is 1. The molecule has 0 fully saturated rings. The number of H-pyrrole nitrogens is 1. The van der Waals surface area contributed by atoms with Crippen LogP contribution in [0.15, 0.2) is 20.4 Å². The number of carbonyl (C=O) groups excluding carboxylic acids is 1. The van der Waals surface area contributed by atoms with Crippen LogP contribution >= 0.6 is 0 Å². The summed E-state index contributed by atoms with van der Waals surface area (Å²) in [5.41, 5.74) is -0.494. The van der Waals surface area contributed by atoms with Crippen LogP contribution in [0.4, 0.5) is 5.95 Å². The van der Waals surface area contributed by atoms with Gasteiger partial charge in [-0.2, -0.15) is 9.50 Å².